The summed E-state index contributed by atoms with van der Waals surface area (Å²) < 4.78 is 64.3. The Balaban J connectivity index is 3.46. The van der Waals surface area contributed by atoms with Gasteiger partial charge < -0.3 is 4.52 Å². The predicted molar refractivity (Wildman–Crippen MR) is 46.6 cm³/mol. The van der Waals surface area contributed by atoms with Gasteiger partial charge >= 0.3 is 7.82 Å². The Hall–Kier alpha value is -0.630. The van der Waals surface area contributed by atoms with Gasteiger partial charge in [0.25, 0.3) is 0 Å². The fourth-order valence-electron chi connectivity index (χ4n) is 0.784. The SMILES string of the molecule is O=P(O)(O)Oc1c(F)c(F)c(Br)c(F)c1F. The van der Waals surface area contributed by atoms with Crippen LogP contribution in [0.2, 0.25) is 0 Å². The summed E-state index contributed by atoms with van der Waals surface area (Å²) in [6, 6.07) is 0. The molecule has 1 rings (SSSR count). The van der Waals surface area contributed by atoms with Crippen LogP contribution in [0.3, 0.4) is 0 Å². The molecule has 0 aliphatic carbocycles. The third-order valence-electron chi connectivity index (χ3n) is 1.38. The topological polar surface area (TPSA) is 66.8 Å². The third-order valence-corrected chi connectivity index (χ3v) is 2.50. The lowest BCUT2D eigenvalue weighted by atomic mass is 10.3. The van der Waals surface area contributed by atoms with Crippen molar-refractivity contribution in [2.24, 2.45) is 0 Å². The number of hydrogen-bond donors (Lipinski definition) is 2. The van der Waals surface area contributed by atoms with Gasteiger partial charge in [0.2, 0.25) is 17.4 Å². The Morgan fingerprint density at radius 2 is 1.38 bits per heavy atom. The highest BCUT2D eigenvalue weighted by Crippen LogP contribution is 2.42. The summed E-state index contributed by atoms with van der Waals surface area (Å²) in [5.74, 6) is -9.63. The van der Waals surface area contributed by atoms with E-state index in [0.717, 1.165) is 0 Å². The molecule has 4 nitrogen and oxygen atoms in total. The average molecular weight is 325 g/mol. The van der Waals surface area contributed by atoms with E-state index in [2.05, 4.69) is 20.5 Å². The molecule has 10 heteroatoms. The Morgan fingerprint density at radius 1 is 1.00 bits per heavy atom. The first-order valence-electron chi connectivity index (χ1n) is 3.41. The predicted octanol–water partition coefficient (Wildman–Crippen LogP) is 2.48. The first kappa shape index (κ1) is 13.4. The number of rotatable bonds is 2. The molecular formula is C6H2BrF4O4P. The van der Waals surface area contributed by atoms with Crippen molar-refractivity contribution in [2.75, 3.05) is 0 Å². The van der Waals surface area contributed by atoms with Crippen molar-refractivity contribution < 1.29 is 36.4 Å². The minimum Gasteiger partial charge on any atom is -0.398 e. The van der Waals surface area contributed by atoms with Gasteiger partial charge in [-0.15, -0.1) is 0 Å². The molecule has 0 bridgehead atoms. The maximum absolute atomic E-state index is 13.0. The number of phosphoric acid groups is 1. The van der Waals surface area contributed by atoms with Gasteiger partial charge in [0.05, 0.1) is 4.47 Å². The second kappa shape index (κ2) is 4.33. The minimum atomic E-state index is -5.32. The first-order chi connectivity index (χ1) is 7.15. The van der Waals surface area contributed by atoms with E-state index in [4.69, 9.17) is 9.79 Å². The van der Waals surface area contributed by atoms with Crippen LogP contribution in [0, 0.1) is 23.3 Å². The molecule has 90 valence electrons. The molecule has 1 aromatic rings. The summed E-state index contributed by atoms with van der Waals surface area (Å²) >= 11 is 2.21. The monoisotopic (exact) mass is 324 g/mol. The van der Waals surface area contributed by atoms with E-state index in [1.165, 1.54) is 0 Å². The second-order valence-corrected chi connectivity index (χ2v) is 4.44. The molecule has 0 atom stereocenters. The normalized spacial score (nSPS) is 11.7. The van der Waals surface area contributed by atoms with Crippen molar-refractivity contribution in [3.05, 3.63) is 27.7 Å². The molecular weight excluding hydrogens is 323 g/mol. The highest BCUT2D eigenvalue weighted by molar-refractivity contribution is 9.10. The van der Waals surface area contributed by atoms with E-state index >= 15 is 0 Å². The van der Waals surface area contributed by atoms with E-state index in [0.29, 0.717) is 0 Å². The van der Waals surface area contributed by atoms with Crippen LogP contribution in [-0.2, 0) is 4.57 Å². The van der Waals surface area contributed by atoms with Crippen LogP contribution >= 0.6 is 23.8 Å². The lowest BCUT2D eigenvalue weighted by molar-refractivity contribution is 0.267. The molecule has 0 aliphatic heterocycles. The molecule has 2 N–H and O–H groups in total. The number of benzene rings is 1. The van der Waals surface area contributed by atoms with Crippen molar-refractivity contribution in [1.29, 1.82) is 0 Å². The molecule has 0 aromatic heterocycles. The van der Waals surface area contributed by atoms with Crippen LogP contribution in [0.15, 0.2) is 4.47 Å². The zero-order valence-electron chi connectivity index (χ0n) is 7.05. The Kier molecular flexibility index (Phi) is 3.63. The quantitative estimate of drug-likeness (QED) is 0.379. The highest BCUT2D eigenvalue weighted by Gasteiger charge is 2.30. The number of halogens is 5. The molecule has 0 radical (unpaired) electrons. The molecule has 0 fully saturated rings. The van der Waals surface area contributed by atoms with E-state index in [1.807, 2.05) is 0 Å². The van der Waals surface area contributed by atoms with Crippen LogP contribution < -0.4 is 4.52 Å². The molecule has 0 aliphatic rings. The fourth-order valence-corrected chi connectivity index (χ4v) is 1.53. The van der Waals surface area contributed by atoms with Crippen LogP contribution in [-0.4, -0.2) is 9.79 Å². The number of phosphoric ester groups is 1. The maximum Gasteiger partial charge on any atom is 0.525 e. The van der Waals surface area contributed by atoms with Crippen LogP contribution in [0.1, 0.15) is 0 Å². The second-order valence-electron chi connectivity index (χ2n) is 2.48. The maximum atomic E-state index is 13.0. The van der Waals surface area contributed by atoms with Crippen molar-refractivity contribution >= 4 is 23.8 Å². The largest absolute Gasteiger partial charge is 0.525 e. The van der Waals surface area contributed by atoms with E-state index < -0.39 is 41.3 Å². The van der Waals surface area contributed by atoms with E-state index in [1.54, 1.807) is 0 Å². The Morgan fingerprint density at radius 3 is 1.69 bits per heavy atom. The zero-order valence-corrected chi connectivity index (χ0v) is 9.53. The lowest BCUT2D eigenvalue weighted by Gasteiger charge is -2.10. The Labute approximate surface area is 94.2 Å². The summed E-state index contributed by atoms with van der Waals surface area (Å²) in [5.41, 5.74) is 0. The van der Waals surface area contributed by atoms with Crippen molar-refractivity contribution in [1.82, 2.24) is 0 Å². The lowest BCUT2D eigenvalue weighted by Crippen LogP contribution is -2.03. The van der Waals surface area contributed by atoms with Gasteiger partial charge in [-0.3, -0.25) is 9.79 Å². The summed E-state index contributed by atoms with van der Waals surface area (Å²) in [4.78, 5) is 16.5. The standard InChI is InChI=1S/C6H2BrF4O4P/c7-1-2(8)4(10)6(5(11)3(1)9)15-16(12,13)14/h(H2,12,13,14). The smallest absolute Gasteiger partial charge is 0.398 e. The molecule has 0 saturated heterocycles. The average Bonchev–Trinajstić information content (AvgIpc) is 2.17. The Bertz CT molecular complexity index is 459. The number of hydrogen-bond acceptors (Lipinski definition) is 2. The molecule has 0 amide bonds. The zero-order chi connectivity index (χ0) is 12.7. The molecule has 0 unspecified atom stereocenters. The van der Waals surface area contributed by atoms with Crippen molar-refractivity contribution in [2.45, 2.75) is 0 Å². The fraction of sp³-hybridized carbons (Fsp3) is 0. The van der Waals surface area contributed by atoms with Crippen LogP contribution in [0.25, 0.3) is 0 Å². The van der Waals surface area contributed by atoms with Gasteiger partial charge in [0.1, 0.15) is 0 Å². The molecule has 1 aromatic carbocycles. The van der Waals surface area contributed by atoms with Crippen LogP contribution in [0.4, 0.5) is 17.6 Å². The summed E-state index contributed by atoms with van der Waals surface area (Å²) in [5, 5.41) is 0. The van der Waals surface area contributed by atoms with E-state index in [-0.39, 0.29) is 0 Å². The van der Waals surface area contributed by atoms with Gasteiger partial charge in [0.15, 0.2) is 11.6 Å². The van der Waals surface area contributed by atoms with Gasteiger partial charge in [0, 0.05) is 0 Å². The summed E-state index contributed by atoms with van der Waals surface area (Å²) in [6.45, 7) is 0. The molecule has 0 spiro atoms. The van der Waals surface area contributed by atoms with E-state index in [9.17, 15) is 22.1 Å². The molecule has 0 heterocycles. The minimum absolute atomic E-state index is 1.14. The third kappa shape index (κ3) is 2.54. The van der Waals surface area contributed by atoms with Crippen molar-refractivity contribution in [3.63, 3.8) is 0 Å². The summed E-state index contributed by atoms with van der Waals surface area (Å²) in [7, 11) is -5.32. The van der Waals surface area contributed by atoms with Gasteiger partial charge in [-0.2, -0.15) is 8.78 Å². The van der Waals surface area contributed by atoms with Crippen LogP contribution in [0.5, 0.6) is 5.75 Å². The van der Waals surface area contributed by atoms with Gasteiger partial charge in [-0.05, 0) is 15.9 Å². The summed E-state index contributed by atoms with van der Waals surface area (Å²) in [6.07, 6.45) is 0. The van der Waals surface area contributed by atoms with Crippen molar-refractivity contribution in [3.8, 4) is 5.75 Å². The molecule has 16 heavy (non-hydrogen) atoms. The molecule has 0 saturated carbocycles. The van der Waals surface area contributed by atoms with Gasteiger partial charge in [-0.1, -0.05) is 0 Å². The van der Waals surface area contributed by atoms with Gasteiger partial charge in [-0.25, -0.2) is 13.3 Å². The first-order valence-corrected chi connectivity index (χ1v) is 5.74. The highest BCUT2D eigenvalue weighted by atomic mass is 79.9.